The van der Waals surface area contributed by atoms with Crippen molar-refractivity contribution in [3.8, 4) is 5.69 Å². The van der Waals surface area contributed by atoms with Gasteiger partial charge in [-0.25, -0.2) is 9.67 Å². The van der Waals surface area contributed by atoms with Crippen molar-refractivity contribution in [3.63, 3.8) is 0 Å². The Morgan fingerprint density at radius 3 is 2.68 bits per heavy atom. The Morgan fingerprint density at radius 2 is 1.96 bits per heavy atom. The molecule has 0 bridgehead atoms. The highest BCUT2D eigenvalue weighted by Gasteiger charge is 2.26. The number of thioether (sulfide) groups is 1. The van der Waals surface area contributed by atoms with Gasteiger partial charge >= 0.3 is 0 Å². The molecule has 1 aliphatic rings. The molecular weight excluding hydrogens is 378 g/mol. The molecule has 3 heterocycles. The standard InChI is InChI=1S/C19H21N5O3S/c1-12-9-23(10-13(2)27-12)16(25)11-28-19-21-17-15(18(26)22-19)8-20-24(17)14-6-4-3-5-7-14/h3-8,12-13H,9-11H2,1-2H3,(H,21,22,26). The van der Waals surface area contributed by atoms with Gasteiger partial charge in [-0.15, -0.1) is 0 Å². The van der Waals surface area contributed by atoms with Crippen LogP contribution in [0.15, 0.2) is 46.5 Å². The number of nitrogens with zero attached hydrogens (tertiary/aromatic N) is 4. The Hall–Kier alpha value is -2.65. The zero-order valence-corrected chi connectivity index (χ0v) is 16.5. The minimum absolute atomic E-state index is 0.00585. The molecule has 8 nitrogen and oxygen atoms in total. The van der Waals surface area contributed by atoms with Gasteiger partial charge in [0.15, 0.2) is 10.8 Å². The topological polar surface area (TPSA) is 93.1 Å². The molecule has 2 unspecified atom stereocenters. The molecule has 4 rings (SSSR count). The summed E-state index contributed by atoms with van der Waals surface area (Å²) in [6.45, 7) is 5.07. The molecule has 1 aromatic carbocycles. The molecule has 1 amide bonds. The minimum Gasteiger partial charge on any atom is -0.372 e. The summed E-state index contributed by atoms with van der Waals surface area (Å²) in [4.78, 5) is 34.0. The summed E-state index contributed by atoms with van der Waals surface area (Å²) in [5.74, 6) is 0.208. The maximum absolute atomic E-state index is 12.6. The van der Waals surface area contributed by atoms with E-state index in [4.69, 9.17) is 4.74 Å². The van der Waals surface area contributed by atoms with Crippen molar-refractivity contribution >= 4 is 28.7 Å². The van der Waals surface area contributed by atoms with Gasteiger partial charge in [0, 0.05) is 13.1 Å². The lowest BCUT2D eigenvalue weighted by atomic mass is 10.2. The SMILES string of the molecule is CC1CN(C(=O)CSc2nc3c(cnn3-c3ccccc3)c(=O)[nH]2)CC(C)O1. The van der Waals surface area contributed by atoms with Crippen molar-refractivity contribution in [2.24, 2.45) is 0 Å². The first-order valence-corrected chi connectivity index (χ1v) is 10.1. The molecule has 28 heavy (non-hydrogen) atoms. The molecule has 1 fully saturated rings. The van der Waals surface area contributed by atoms with Crippen LogP contribution in [0, 0.1) is 0 Å². The van der Waals surface area contributed by atoms with E-state index in [1.54, 1.807) is 9.58 Å². The number of benzene rings is 1. The van der Waals surface area contributed by atoms with E-state index >= 15 is 0 Å². The lowest BCUT2D eigenvalue weighted by molar-refractivity contribution is -0.140. The summed E-state index contributed by atoms with van der Waals surface area (Å²) in [6.07, 6.45) is 1.55. The molecule has 146 valence electrons. The molecule has 1 N–H and O–H groups in total. The van der Waals surface area contributed by atoms with Crippen LogP contribution >= 0.6 is 11.8 Å². The van der Waals surface area contributed by atoms with Crippen molar-refractivity contribution in [2.75, 3.05) is 18.8 Å². The lowest BCUT2D eigenvalue weighted by Crippen LogP contribution is -2.48. The van der Waals surface area contributed by atoms with Crippen LogP contribution in [-0.2, 0) is 9.53 Å². The number of aromatic amines is 1. The van der Waals surface area contributed by atoms with Crippen molar-refractivity contribution in [3.05, 3.63) is 46.9 Å². The summed E-state index contributed by atoms with van der Waals surface area (Å²) in [5, 5.41) is 5.10. The lowest BCUT2D eigenvalue weighted by Gasteiger charge is -2.35. The number of hydrogen-bond acceptors (Lipinski definition) is 6. The Balaban J connectivity index is 1.54. The molecule has 0 saturated carbocycles. The molecule has 0 aliphatic carbocycles. The van der Waals surface area contributed by atoms with Crippen LogP contribution in [0.4, 0.5) is 0 Å². The van der Waals surface area contributed by atoms with Gasteiger partial charge in [-0.05, 0) is 26.0 Å². The van der Waals surface area contributed by atoms with Crippen molar-refractivity contribution in [1.82, 2.24) is 24.6 Å². The van der Waals surface area contributed by atoms with Crippen LogP contribution in [0.3, 0.4) is 0 Å². The van der Waals surface area contributed by atoms with Gasteiger partial charge < -0.3 is 14.6 Å². The van der Waals surface area contributed by atoms with Crippen molar-refractivity contribution in [1.29, 1.82) is 0 Å². The third kappa shape index (κ3) is 3.81. The molecule has 0 radical (unpaired) electrons. The minimum atomic E-state index is -0.268. The maximum Gasteiger partial charge on any atom is 0.262 e. The van der Waals surface area contributed by atoms with Crippen LogP contribution in [-0.4, -0.2) is 61.6 Å². The second kappa shape index (κ2) is 7.76. The van der Waals surface area contributed by atoms with Gasteiger partial charge in [-0.3, -0.25) is 9.59 Å². The van der Waals surface area contributed by atoms with Crippen LogP contribution in [0.5, 0.6) is 0 Å². The highest BCUT2D eigenvalue weighted by atomic mass is 32.2. The van der Waals surface area contributed by atoms with Crippen molar-refractivity contribution < 1.29 is 9.53 Å². The number of rotatable bonds is 4. The summed E-state index contributed by atoms with van der Waals surface area (Å²) in [7, 11) is 0. The molecule has 1 aliphatic heterocycles. The number of aromatic nitrogens is 4. The number of ether oxygens (including phenoxy) is 1. The summed E-state index contributed by atoms with van der Waals surface area (Å²) in [5.41, 5.74) is 1.02. The van der Waals surface area contributed by atoms with Crippen LogP contribution in [0.25, 0.3) is 16.7 Å². The van der Waals surface area contributed by atoms with E-state index in [9.17, 15) is 9.59 Å². The first-order valence-electron chi connectivity index (χ1n) is 9.11. The zero-order chi connectivity index (χ0) is 19.7. The number of carbonyl (C=O) groups excluding carboxylic acids is 1. The average molecular weight is 399 g/mol. The number of fused-ring (bicyclic) bond motifs is 1. The number of morpholine rings is 1. The van der Waals surface area contributed by atoms with E-state index in [2.05, 4.69) is 15.1 Å². The molecule has 3 aromatic rings. The number of H-pyrrole nitrogens is 1. The van der Waals surface area contributed by atoms with Crippen LogP contribution in [0.1, 0.15) is 13.8 Å². The second-order valence-corrected chi connectivity index (χ2v) is 7.81. The summed E-state index contributed by atoms with van der Waals surface area (Å²) < 4.78 is 7.30. The smallest absolute Gasteiger partial charge is 0.262 e. The van der Waals surface area contributed by atoms with E-state index in [1.807, 2.05) is 44.2 Å². The summed E-state index contributed by atoms with van der Waals surface area (Å²) in [6, 6.07) is 9.50. The van der Waals surface area contributed by atoms with Gasteiger partial charge in [-0.2, -0.15) is 5.10 Å². The van der Waals surface area contributed by atoms with E-state index in [0.29, 0.717) is 29.3 Å². The van der Waals surface area contributed by atoms with Crippen molar-refractivity contribution in [2.45, 2.75) is 31.2 Å². The highest BCUT2D eigenvalue weighted by molar-refractivity contribution is 7.99. The molecule has 1 saturated heterocycles. The molecule has 2 aromatic heterocycles. The molecule has 0 spiro atoms. The number of para-hydroxylation sites is 1. The largest absolute Gasteiger partial charge is 0.372 e. The molecule has 2 atom stereocenters. The van der Waals surface area contributed by atoms with Gasteiger partial charge in [0.05, 0.1) is 29.8 Å². The Kier molecular flexibility index (Phi) is 5.19. The van der Waals surface area contributed by atoms with E-state index in [0.717, 1.165) is 5.69 Å². The number of nitrogens with one attached hydrogen (secondary N) is 1. The first-order chi connectivity index (χ1) is 13.5. The maximum atomic E-state index is 12.6. The van der Waals surface area contributed by atoms with E-state index in [1.165, 1.54) is 18.0 Å². The van der Waals surface area contributed by atoms with E-state index < -0.39 is 0 Å². The van der Waals surface area contributed by atoms with Gasteiger partial charge in [0.25, 0.3) is 5.56 Å². The fraction of sp³-hybridized carbons (Fsp3) is 0.368. The van der Waals surface area contributed by atoms with Crippen LogP contribution < -0.4 is 5.56 Å². The third-order valence-corrected chi connectivity index (χ3v) is 5.38. The second-order valence-electron chi connectivity index (χ2n) is 6.84. The monoisotopic (exact) mass is 399 g/mol. The molecule has 9 heteroatoms. The number of hydrogen-bond donors (Lipinski definition) is 1. The number of amides is 1. The van der Waals surface area contributed by atoms with Crippen LogP contribution in [0.2, 0.25) is 0 Å². The summed E-state index contributed by atoms with van der Waals surface area (Å²) >= 11 is 1.22. The Bertz CT molecular complexity index is 1040. The highest BCUT2D eigenvalue weighted by Crippen LogP contribution is 2.19. The first kappa shape index (κ1) is 18.7. The fourth-order valence-electron chi connectivity index (χ4n) is 3.33. The molecular formula is C19H21N5O3S. The zero-order valence-electron chi connectivity index (χ0n) is 15.7. The predicted molar refractivity (Wildman–Crippen MR) is 107 cm³/mol. The van der Waals surface area contributed by atoms with Gasteiger partial charge in [0.1, 0.15) is 5.39 Å². The van der Waals surface area contributed by atoms with E-state index in [-0.39, 0.29) is 29.4 Å². The Labute approximate surface area is 165 Å². The van der Waals surface area contributed by atoms with Gasteiger partial charge in [0.2, 0.25) is 5.91 Å². The third-order valence-electron chi connectivity index (χ3n) is 4.52. The average Bonchev–Trinajstić information content (AvgIpc) is 3.10. The Morgan fingerprint density at radius 1 is 1.25 bits per heavy atom. The normalized spacial score (nSPS) is 19.9. The fourth-order valence-corrected chi connectivity index (χ4v) is 4.09. The number of carbonyl (C=O) groups is 1. The van der Waals surface area contributed by atoms with Gasteiger partial charge in [-0.1, -0.05) is 30.0 Å². The predicted octanol–water partition coefficient (Wildman–Crippen LogP) is 1.84. The quantitative estimate of drug-likeness (QED) is 0.532.